The van der Waals surface area contributed by atoms with Gasteiger partial charge in [0.15, 0.2) is 0 Å². The Bertz CT molecular complexity index is 694. The van der Waals surface area contributed by atoms with E-state index in [1.165, 1.54) is 11.9 Å². The second kappa shape index (κ2) is 7.10. The molecule has 1 aromatic rings. The van der Waals surface area contributed by atoms with Gasteiger partial charge in [-0.05, 0) is 37.4 Å². The van der Waals surface area contributed by atoms with Gasteiger partial charge in [0.05, 0.1) is 5.56 Å². The zero-order valence-electron chi connectivity index (χ0n) is 12.9. The number of rotatable bonds is 5. The molecule has 2 N–H and O–H groups in total. The van der Waals surface area contributed by atoms with E-state index in [0.29, 0.717) is 25.9 Å². The van der Waals surface area contributed by atoms with Gasteiger partial charge in [0.25, 0.3) is 0 Å². The lowest BCUT2D eigenvalue weighted by molar-refractivity contribution is -0.129. The van der Waals surface area contributed by atoms with Crippen LogP contribution in [0.1, 0.15) is 34.7 Å². The summed E-state index contributed by atoms with van der Waals surface area (Å²) in [6.45, 7) is 0.855. The zero-order valence-corrected chi connectivity index (χ0v) is 13.7. The first-order valence-electron chi connectivity index (χ1n) is 7.35. The van der Waals surface area contributed by atoms with E-state index in [1.807, 2.05) is 0 Å². The lowest BCUT2D eigenvalue weighted by Gasteiger charge is -2.32. The molecular weight excluding hydrogens is 320 g/mol. The fourth-order valence-corrected chi connectivity index (χ4v) is 3.47. The maximum Gasteiger partial charge on any atom is 0.335 e. The van der Waals surface area contributed by atoms with E-state index in [0.717, 1.165) is 5.56 Å². The normalized spacial score (nSPS) is 16.3. The van der Waals surface area contributed by atoms with Crippen molar-refractivity contribution in [2.45, 2.75) is 18.8 Å². The molecule has 0 unspecified atom stereocenters. The number of carbonyl (C=O) groups excluding carboxylic acids is 1. The van der Waals surface area contributed by atoms with Crippen molar-refractivity contribution in [1.82, 2.24) is 9.62 Å². The first-order chi connectivity index (χ1) is 10.8. The van der Waals surface area contributed by atoms with Gasteiger partial charge >= 0.3 is 5.97 Å². The van der Waals surface area contributed by atoms with Crippen molar-refractivity contribution in [3.8, 4) is 0 Å². The lowest BCUT2D eigenvalue weighted by Crippen LogP contribution is -2.42. The number of benzene rings is 1. The van der Waals surface area contributed by atoms with Crippen molar-refractivity contribution in [3.63, 3.8) is 0 Å². The molecule has 0 bridgehead atoms. The van der Waals surface area contributed by atoms with Crippen LogP contribution < -0.4 is 4.72 Å². The quantitative estimate of drug-likeness (QED) is 0.819. The predicted octanol–water partition coefficient (Wildman–Crippen LogP) is 0.640. The molecule has 126 valence electrons. The Hall–Kier alpha value is -1.93. The van der Waals surface area contributed by atoms with E-state index in [2.05, 4.69) is 4.72 Å². The Labute approximate surface area is 135 Å². The van der Waals surface area contributed by atoms with Gasteiger partial charge in [0, 0.05) is 13.1 Å². The van der Waals surface area contributed by atoms with E-state index in [9.17, 15) is 23.1 Å². The fourth-order valence-electron chi connectivity index (χ4n) is 2.81. The predicted molar refractivity (Wildman–Crippen MR) is 84.8 cm³/mol. The third kappa shape index (κ3) is 4.29. The Morgan fingerprint density at radius 2 is 1.87 bits per heavy atom. The number of carboxylic acids is 1. The van der Waals surface area contributed by atoms with E-state index in [4.69, 9.17) is 0 Å². The van der Waals surface area contributed by atoms with Gasteiger partial charge < -0.3 is 10.0 Å². The number of carboxylic acid groups (broad SMARTS) is 1. The third-order valence-electron chi connectivity index (χ3n) is 4.10. The van der Waals surface area contributed by atoms with Crippen molar-refractivity contribution in [1.29, 1.82) is 0 Å². The van der Waals surface area contributed by atoms with Gasteiger partial charge in [-0.3, -0.25) is 4.79 Å². The first kappa shape index (κ1) is 17.4. The molecule has 23 heavy (non-hydrogen) atoms. The van der Waals surface area contributed by atoms with E-state index in [1.54, 1.807) is 24.3 Å². The highest BCUT2D eigenvalue weighted by molar-refractivity contribution is 7.90. The number of nitrogens with zero attached hydrogens (tertiary/aromatic N) is 1. The molecule has 8 heteroatoms. The van der Waals surface area contributed by atoms with E-state index in [-0.39, 0.29) is 11.5 Å². The third-order valence-corrected chi connectivity index (χ3v) is 5.35. The number of likely N-dealkylation sites (tertiary alicyclic amines) is 1. The smallest absolute Gasteiger partial charge is 0.335 e. The van der Waals surface area contributed by atoms with E-state index >= 15 is 0 Å². The maximum atomic E-state index is 12.0. The van der Waals surface area contributed by atoms with Crippen LogP contribution in [0.3, 0.4) is 0 Å². The van der Waals surface area contributed by atoms with Gasteiger partial charge in [-0.15, -0.1) is 0 Å². The summed E-state index contributed by atoms with van der Waals surface area (Å²) >= 11 is 0. The molecule has 1 aliphatic rings. The average Bonchev–Trinajstić information content (AvgIpc) is 2.54. The Morgan fingerprint density at radius 1 is 1.26 bits per heavy atom. The molecular formula is C15H20N2O5S. The van der Waals surface area contributed by atoms with Crippen LogP contribution in [0.15, 0.2) is 24.3 Å². The molecule has 1 amide bonds. The molecule has 1 saturated heterocycles. The summed E-state index contributed by atoms with van der Waals surface area (Å²) in [5.41, 5.74) is 1.06. The van der Waals surface area contributed by atoms with Crippen molar-refractivity contribution < 1.29 is 23.1 Å². The number of hydrogen-bond acceptors (Lipinski definition) is 4. The standard InChI is InChI=1S/C15H20N2O5S/c1-16-23(21,22)10-14(18)17-8-6-11(7-9-17)12-4-2-3-5-13(12)15(19)20/h2-5,11,16H,6-10H2,1H3,(H,19,20). The van der Waals surface area contributed by atoms with Crippen LogP contribution in [0.5, 0.6) is 0 Å². The monoisotopic (exact) mass is 340 g/mol. The lowest BCUT2D eigenvalue weighted by atomic mass is 9.86. The minimum absolute atomic E-state index is 0.0623. The number of hydrogen-bond donors (Lipinski definition) is 2. The molecule has 0 atom stereocenters. The average molecular weight is 340 g/mol. The van der Waals surface area contributed by atoms with Gasteiger partial charge in [0.1, 0.15) is 5.75 Å². The maximum absolute atomic E-state index is 12.0. The highest BCUT2D eigenvalue weighted by Crippen LogP contribution is 2.30. The molecule has 7 nitrogen and oxygen atoms in total. The van der Waals surface area contributed by atoms with Crippen LogP contribution in [-0.4, -0.2) is 56.2 Å². The van der Waals surface area contributed by atoms with Gasteiger partial charge in [-0.1, -0.05) is 18.2 Å². The Morgan fingerprint density at radius 3 is 2.43 bits per heavy atom. The van der Waals surface area contributed by atoms with Gasteiger partial charge in [-0.2, -0.15) is 0 Å². The molecule has 1 aliphatic heterocycles. The van der Waals surface area contributed by atoms with Crippen molar-refractivity contribution in [3.05, 3.63) is 35.4 Å². The molecule has 2 rings (SSSR count). The van der Waals surface area contributed by atoms with E-state index < -0.39 is 27.7 Å². The summed E-state index contributed by atoms with van der Waals surface area (Å²) in [6, 6.07) is 6.87. The largest absolute Gasteiger partial charge is 0.478 e. The SMILES string of the molecule is CNS(=O)(=O)CC(=O)N1CCC(c2ccccc2C(=O)O)CC1. The molecule has 0 aromatic heterocycles. The molecule has 0 spiro atoms. The summed E-state index contributed by atoms with van der Waals surface area (Å²) in [5.74, 6) is -1.88. The number of nitrogens with one attached hydrogen (secondary N) is 1. The molecule has 1 fully saturated rings. The van der Waals surface area contributed by atoms with Crippen LogP contribution in [-0.2, 0) is 14.8 Å². The summed E-state index contributed by atoms with van der Waals surface area (Å²) < 4.78 is 25.0. The van der Waals surface area contributed by atoms with Gasteiger partial charge in [0.2, 0.25) is 15.9 Å². The highest BCUT2D eigenvalue weighted by Gasteiger charge is 2.28. The van der Waals surface area contributed by atoms with Crippen LogP contribution in [0, 0.1) is 0 Å². The summed E-state index contributed by atoms with van der Waals surface area (Å²) in [7, 11) is -2.30. The minimum Gasteiger partial charge on any atom is -0.478 e. The molecule has 0 saturated carbocycles. The number of sulfonamides is 1. The van der Waals surface area contributed by atoms with Crippen molar-refractivity contribution in [2.24, 2.45) is 0 Å². The van der Waals surface area contributed by atoms with Gasteiger partial charge in [-0.25, -0.2) is 17.9 Å². The Kier molecular flexibility index (Phi) is 5.38. The Balaban J connectivity index is 2.02. The summed E-state index contributed by atoms with van der Waals surface area (Å²) in [6.07, 6.45) is 1.24. The number of amides is 1. The van der Waals surface area contributed by atoms with Crippen molar-refractivity contribution >= 4 is 21.9 Å². The topological polar surface area (TPSA) is 104 Å². The first-order valence-corrected chi connectivity index (χ1v) is 9.00. The summed E-state index contributed by atoms with van der Waals surface area (Å²) in [4.78, 5) is 24.8. The second-order valence-corrected chi connectivity index (χ2v) is 7.44. The van der Waals surface area contributed by atoms with Crippen molar-refractivity contribution in [2.75, 3.05) is 25.9 Å². The molecule has 0 radical (unpaired) electrons. The van der Waals surface area contributed by atoms with Crippen LogP contribution >= 0.6 is 0 Å². The minimum atomic E-state index is -3.57. The molecule has 1 heterocycles. The number of aromatic carboxylic acids is 1. The zero-order chi connectivity index (χ0) is 17.0. The second-order valence-electron chi connectivity index (χ2n) is 5.51. The molecule has 1 aromatic carbocycles. The molecule has 0 aliphatic carbocycles. The number of piperidine rings is 1. The van der Waals surface area contributed by atoms with Crippen LogP contribution in [0.4, 0.5) is 0 Å². The highest BCUT2D eigenvalue weighted by atomic mass is 32.2. The van der Waals surface area contributed by atoms with Crippen LogP contribution in [0.25, 0.3) is 0 Å². The summed E-state index contributed by atoms with van der Waals surface area (Å²) in [5, 5.41) is 9.25. The fraction of sp³-hybridized carbons (Fsp3) is 0.467. The number of carbonyl (C=O) groups is 2. The van der Waals surface area contributed by atoms with Crippen LogP contribution in [0.2, 0.25) is 0 Å².